The van der Waals surface area contributed by atoms with Gasteiger partial charge in [0.15, 0.2) is 6.10 Å². The first kappa shape index (κ1) is 18.7. The Bertz CT molecular complexity index is 514. The minimum atomic E-state index is -4.60. The molecule has 1 amide bonds. The molecule has 0 radical (unpaired) electrons. The molecule has 1 aromatic carbocycles. The van der Waals surface area contributed by atoms with E-state index in [0.717, 1.165) is 5.56 Å². The number of hydrogen-bond donors (Lipinski definition) is 1. The maximum atomic E-state index is 12.5. The Morgan fingerprint density at radius 3 is 2.46 bits per heavy atom. The Morgan fingerprint density at radius 2 is 1.88 bits per heavy atom. The van der Waals surface area contributed by atoms with E-state index < -0.39 is 18.2 Å². The summed E-state index contributed by atoms with van der Waals surface area (Å²) >= 11 is 0. The molecule has 24 heavy (non-hydrogen) atoms. The van der Waals surface area contributed by atoms with Gasteiger partial charge < -0.3 is 14.7 Å². The number of carbonyl (C=O) groups excluding carboxylic acids is 1. The molecule has 0 saturated carbocycles. The molecule has 2 rings (SSSR count). The molecule has 7 heteroatoms. The van der Waals surface area contributed by atoms with Crippen LogP contribution in [-0.4, -0.2) is 54.5 Å². The van der Waals surface area contributed by atoms with E-state index in [4.69, 9.17) is 4.74 Å². The van der Waals surface area contributed by atoms with Gasteiger partial charge in [-0.25, -0.2) is 0 Å². The smallest absolute Gasteiger partial charge is 0.383 e. The maximum absolute atomic E-state index is 12.5. The normalized spacial score (nSPS) is 17.8. The van der Waals surface area contributed by atoms with Crippen LogP contribution in [0.5, 0.6) is 0 Å². The van der Waals surface area contributed by atoms with Crippen molar-refractivity contribution in [3.05, 3.63) is 35.9 Å². The van der Waals surface area contributed by atoms with Crippen LogP contribution < -0.4 is 0 Å². The summed E-state index contributed by atoms with van der Waals surface area (Å²) in [6.45, 7) is 0.787. The molecule has 1 aliphatic rings. The average Bonchev–Trinajstić information content (AvgIpc) is 2.58. The lowest BCUT2D eigenvalue weighted by Crippen LogP contribution is -2.46. The third-order valence-electron chi connectivity index (χ3n) is 4.28. The standard InChI is InChI=1S/C17H22F3NO3/c18-17(19,20)16(23)14-6-9-21(10-7-14)15(22)12-24-11-8-13-4-2-1-3-5-13/h1-5,14,16,23H,6-12H2. The number of alkyl halides is 3. The highest BCUT2D eigenvalue weighted by atomic mass is 19.4. The number of likely N-dealkylation sites (tertiary alicyclic amines) is 1. The molecule has 1 heterocycles. The van der Waals surface area contributed by atoms with Crippen molar-refractivity contribution in [2.24, 2.45) is 5.92 Å². The lowest BCUT2D eigenvalue weighted by atomic mass is 9.91. The van der Waals surface area contributed by atoms with Crippen LogP contribution in [0.3, 0.4) is 0 Å². The number of piperidine rings is 1. The van der Waals surface area contributed by atoms with Gasteiger partial charge in [0.25, 0.3) is 0 Å². The number of hydrogen-bond acceptors (Lipinski definition) is 3. The second-order valence-corrected chi connectivity index (χ2v) is 5.99. The molecule has 0 aromatic heterocycles. The maximum Gasteiger partial charge on any atom is 0.414 e. The molecule has 0 spiro atoms. The fourth-order valence-corrected chi connectivity index (χ4v) is 2.82. The molecular weight excluding hydrogens is 323 g/mol. The largest absolute Gasteiger partial charge is 0.414 e. The van der Waals surface area contributed by atoms with Gasteiger partial charge in [0.2, 0.25) is 5.91 Å². The lowest BCUT2D eigenvalue weighted by molar-refractivity contribution is -0.223. The predicted octanol–water partition coefficient (Wildman–Crippen LogP) is 2.41. The van der Waals surface area contributed by atoms with E-state index in [0.29, 0.717) is 13.0 Å². The Morgan fingerprint density at radius 1 is 1.25 bits per heavy atom. The summed E-state index contributed by atoms with van der Waals surface area (Å²) in [7, 11) is 0. The van der Waals surface area contributed by atoms with Gasteiger partial charge in [0.05, 0.1) is 6.61 Å². The lowest BCUT2D eigenvalue weighted by Gasteiger charge is -2.34. The zero-order valence-corrected chi connectivity index (χ0v) is 13.3. The highest BCUT2D eigenvalue weighted by molar-refractivity contribution is 5.77. The SMILES string of the molecule is O=C(COCCc1ccccc1)N1CCC(C(O)C(F)(F)F)CC1. The van der Waals surface area contributed by atoms with Crippen molar-refractivity contribution in [2.75, 3.05) is 26.3 Å². The first-order chi connectivity index (χ1) is 11.4. The molecule has 1 fully saturated rings. The highest BCUT2D eigenvalue weighted by Crippen LogP contribution is 2.31. The number of halogens is 3. The summed E-state index contributed by atoms with van der Waals surface area (Å²) in [5.41, 5.74) is 1.12. The first-order valence-electron chi connectivity index (χ1n) is 8.02. The van der Waals surface area contributed by atoms with Crippen molar-refractivity contribution in [1.82, 2.24) is 4.90 Å². The Labute approximate surface area is 139 Å². The van der Waals surface area contributed by atoms with Gasteiger partial charge >= 0.3 is 6.18 Å². The summed E-state index contributed by atoms with van der Waals surface area (Å²) in [5, 5.41) is 9.26. The van der Waals surface area contributed by atoms with Crippen LogP contribution in [-0.2, 0) is 16.0 Å². The van der Waals surface area contributed by atoms with Crippen LogP contribution in [0.1, 0.15) is 18.4 Å². The minimum absolute atomic E-state index is 0.0701. The molecule has 0 bridgehead atoms. The van der Waals surface area contributed by atoms with Gasteiger partial charge in [-0.2, -0.15) is 13.2 Å². The second kappa shape index (κ2) is 8.48. The monoisotopic (exact) mass is 345 g/mol. The summed E-state index contributed by atoms with van der Waals surface area (Å²) in [4.78, 5) is 13.5. The number of aliphatic hydroxyl groups excluding tert-OH is 1. The molecule has 1 aliphatic heterocycles. The quantitative estimate of drug-likeness (QED) is 0.806. The minimum Gasteiger partial charge on any atom is -0.383 e. The fraction of sp³-hybridized carbons (Fsp3) is 0.588. The predicted molar refractivity (Wildman–Crippen MR) is 82.3 cm³/mol. The number of benzene rings is 1. The average molecular weight is 345 g/mol. The number of ether oxygens (including phenoxy) is 1. The van der Waals surface area contributed by atoms with E-state index in [9.17, 15) is 23.1 Å². The van der Waals surface area contributed by atoms with E-state index in [1.165, 1.54) is 4.90 Å². The van der Waals surface area contributed by atoms with Gasteiger partial charge in [0, 0.05) is 13.1 Å². The van der Waals surface area contributed by atoms with E-state index in [-0.39, 0.29) is 38.4 Å². The van der Waals surface area contributed by atoms with Gasteiger partial charge in [0.1, 0.15) is 6.61 Å². The van der Waals surface area contributed by atoms with E-state index in [1.807, 2.05) is 30.3 Å². The van der Waals surface area contributed by atoms with E-state index >= 15 is 0 Å². The van der Waals surface area contributed by atoms with Crippen LogP contribution in [0.15, 0.2) is 30.3 Å². The Hall–Kier alpha value is -1.60. The third-order valence-corrected chi connectivity index (χ3v) is 4.28. The molecule has 0 aliphatic carbocycles. The number of rotatable bonds is 6. The molecular formula is C17H22F3NO3. The van der Waals surface area contributed by atoms with Gasteiger partial charge in [-0.05, 0) is 30.7 Å². The molecule has 1 saturated heterocycles. The van der Waals surface area contributed by atoms with Crippen molar-refractivity contribution in [3.63, 3.8) is 0 Å². The molecule has 1 aromatic rings. The summed E-state index contributed by atoms with van der Waals surface area (Å²) in [6, 6.07) is 9.73. The van der Waals surface area contributed by atoms with Crippen molar-refractivity contribution < 1.29 is 27.8 Å². The number of carbonyl (C=O) groups is 1. The summed E-state index contributed by atoms with van der Waals surface area (Å²) < 4.78 is 42.8. The number of nitrogens with zero attached hydrogens (tertiary/aromatic N) is 1. The van der Waals surface area contributed by atoms with Crippen LogP contribution in [0.4, 0.5) is 13.2 Å². The molecule has 134 valence electrons. The molecule has 1 unspecified atom stereocenters. The zero-order valence-electron chi connectivity index (χ0n) is 13.3. The van der Waals surface area contributed by atoms with Crippen LogP contribution in [0, 0.1) is 5.92 Å². The van der Waals surface area contributed by atoms with E-state index in [1.54, 1.807) is 0 Å². The van der Waals surface area contributed by atoms with Gasteiger partial charge in [-0.15, -0.1) is 0 Å². The first-order valence-corrected chi connectivity index (χ1v) is 8.02. The van der Waals surface area contributed by atoms with Crippen molar-refractivity contribution in [2.45, 2.75) is 31.5 Å². The Kier molecular flexibility index (Phi) is 6.62. The third kappa shape index (κ3) is 5.49. The number of amides is 1. The topological polar surface area (TPSA) is 49.8 Å². The highest BCUT2D eigenvalue weighted by Gasteiger charge is 2.44. The summed E-state index contributed by atoms with van der Waals surface area (Å²) in [5.74, 6) is -1.06. The van der Waals surface area contributed by atoms with Crippen molar-refractivity contribution in [1.29, 1.82) is 0 Å². The fourth-order valence-electron chi connectivity index (χ4n) is 2.82. The van der Waals surface area contributed by atoms with Crippen molar-refractivity contribution in [3.8, 4) is 0 Å². The van der Waals surface area contributed by atoms with Gasteiger partial charge in [-0.3, -0.25) is 4.79 Å². The van der Waals surface area contributed by atoms with E-state index in [2.05, 4.69) is 0 Å². The number of aliphatic hydroxyl groups is 1. The van der Waals surface area contributed by atoms with Crippen LogP contribution in [0.25, 0.3) is 0 Å². The Balaban J connectivity index is 1.66. The molecule has 4 nitrogen and oxygen atoms in total. The zero-order chi connectivity index (χ0) is 17.6. The molecule has 1 N–H and O–H groups in total. The van der Waals surface area contributed by atoms with Crippen molar-refractivity contribution >= 4 is 5.91 Å². The summed E-state index contributed by atoms with van der Waals surface area (Å²) in [6.07, 6.45) is -5.91. The van der Waals surface area contributed by atoms with Crippen LogP contribution in [0.2, 0.25) is 0 Å². The van der Waals surface area contributed by atoms with Gasteiger partial charge in [-0.1, -0.05) is 30.3 Å². The molecule has 1 atom stereocenters. The van der Waals surface area contributed by atoms with Crippen LogP contribution >= 0.6 is 0 Å². The second-order valence-electron chi connectivity index (χ2n) is 5.99.